The second-order valence-corrected chi connectivity index (χ2v) is 15.6. The molecule has 2 heterocycles. The minimum atomic E-state index is -2.02. The zero-order chi connectivity index (χ0) is 26.8. The number of carbonyl (C=O) groups excluding carboxylic acids is 1. The normalized spacial score (nSPS) is 14.0. The van der Waals surface area contributed by atoms with Gasteiger partial charge < -0.3 is 23.9 Å². The van der Waals surface area contributed by atoms with E-state index in [4.69, 9.17) is 19.3 Å². The van der Waals surface area contributed by atoms with Crippen molar-refractivity contribution in [1.29, 1.82) is 0 Å². The summed E-state index contributed by atoms with van der Waals surface area (Å²) in [5, 5.41) is 0.0702. The Morgan fingerprint density at radius 1 is 1.16 bits per heavy atom. The summed E-state index contributed by atoms with van der Waals surface area (Å²) in [6, 6.07) is 15.3. The van der Waals surface area contributed by atoms with Gasteiger partial charge in [0.2, 0.25) is 5.89 Å². The molecule has 0 saturated carbocycles. The first-order chi connectivity index (χ1) is 17.4. The lowest BCUT2D eigenvalue weighted by molar-refractivity contribution is 0.0994. The zero-order valence-corrected chi connectivity index (χ0v) is 23.4. The van der Waals surface area contributed by atoms with Gasteiger partial charge in [-0.2, -0.15) is 0 Å². The fourth-order valence-corrected chi connectivity index (χ4v) is 5.44. The van der Waals surface area contributed by atoms with E-state index in [2.05, 4.69) is 50.8 Å². The Balaban J connectivity index is 1.49. The molecular weight excluding hydrogens is 484 g/mol. The van der Waals surface area contributed by atoms with Crippen LogP contribution in [0, 0.1) is 0 Å². The summed E-state index contributed by atoms with van der Waals surface area (Å²) in [6.07, 6.45) is 3.86. The third-order valence-electron chi connectivity index (χ3n) is 7.12. The lowest BCUT2D eigenvalue weighted by Gasteiger charge is -2.40. The Kier molecular flexibility index (Phi) is 7.56. The van der Waals surface area contributed by atoms with Crippen LogP contribution in [-0.4, -0.2) is 41.5 Å². The van der Waals surface area contributed by atoms with Crippen LogP contribution in [0.1, 0.15) is 50.6 Å². The predicted molar refractivity (Wildman–Crippen MR) is 147 cm³/mol. The number of amides is 1. The van der Waals surface area contributed by atoms with E-state index >= 15 is 0 Å². The molecule has 196 valence electrons. The molecule has 2 aromatic heterocycles. The standard InChI is InChI=1S/C28H36N4O4Si/c1-19(36-37(5,6)28(2,3)4)24(32-17-23(26(29)33)30-18-32)14-15-34-21-11-9-10-20(16-21)27-31-22-12-7-8-13-25(22)35-27/h7-13,16-19,24H,14-15H2,1-6H3,(H2,29,33)/t19-,24+/m0/s1. The lowest BCUT2D eigenvalue weighted by Crippen LogP contribution is -2.45. The molecular formula is C28H36N4O4Si. The van der Waals surface area contributed by atoms with Gasteiger partial charge in [0.1, 0.15) is 17.0 Å². The molecule has 0 aliphatic heterocycles. The first-order valence-corrected chi connectivity index (χ1v) is 15.5. The summed E-state index contributed by atoms with van der Waals surface area (Å²) < 4.78 is 20.7. The monoisotopic (exact) mass is 520 g/mol. The maximum absolute atomic E-state index is 11.7. The molecule has 4 rings (SSSR count). The fourth-order valence-electron chi connectivity index (χ4n) is 4.00. The van der Waals surface area contributed by atoms with Crippen LogP contribution >= 0.6 is 0 Å². The van der Waals surface area contributed by atoms with Crippen molar-refractivity contribution in [1.82, 2.24) is 14.5 Å². The first kappa shape index (κ1) is 26.6. The van der Waals surface area contributed by atoms with Crippen molar-refractivity contribution in [3.63, 3.8) is 0 Å². The summed E-state index contributed by atoms with van der Waals surface area (Å²) in [5.41, 5.74) is 8.09. The third kappa shape index (κ3) is 6.11. The Bertz CT molecular complexity index is 1340. The fraction of sp³-hybridized carbons (Fsp3) is 0.393. The average molecular weight is 521 g/mol. The number of imidazole rings is 1. The van der Waals surface area contributed by atoms with E-state index < -0.39 is 14.2 Å². The molecule has 1 amide bonds. The molecule has 2 atom stereocenters. The number of aromatic nitrogens is 3. The Labute approximate surface area is 218 Å². The Morgan fingerprint density at radius 2 is 1.92 bits per heavy atom. The molecule has 0 aliphatic carbocycles. The van der Waals surface area contributed by atoms with Crippen molar-refractivity contribution >= 4 is 25.3 Å². The molecule has 4 aromatic rings. The molecule has 0 radical (unpaired) electrons. The van der Waals surface area contributed by atoms with Gasteiger partial charge in [0.05, 0.1) is 25.1 Å². The SMILES string of the molecule is C[C@H](O[Si](C)(C)C(C)(C)C)[C@@H](CCOc1cccc(-c2nc3ccccc3o2)c1)n1cnc(C(N)=O)c1. The van der Waals surface area contributed by atoms with Gasteiger partial charge in [0.25, 0.3) is 5.91 Å². The van der Waals surface area contributed by atoms with Crippen LogP contribution in [0.4, 0.5) is 0 Å². The number of nitrogens with two attached hydrogens (primary N) is 1. The summed E-state index contributed by atoms with van der Waals surface area (Å²) >= 11 is 0. The van der Waals surface area contributed by atoms with Gasteiger partial charge in [-0.25, -0.2) is 9.97 Å². The number of para-hydroxylation sites is 2. The molecule has 2 N–H and O–H groups in total. The molecule has 0 aliphatic rings. The quantitative estimate of drug-likeness (QED) is 0.249. The zero-order valence-electron chi connectivity index (χ0n) is 22.4. The summed E-state index contributed by atoms with van der Waals surface area (Å²) in [4.78, 5) is 20.4. The highest BCUT2D eigenvalue weighted by molar-refractivity contribution is 6.74. The van der Waals surface area contributed by atoms with E-state index in [1.165, 1.54) is 0 Å². The lowest BCUT2D eigenvalue weighted by atomic mass is 10.1. The number of rotatable bonds is 10. The number of oxazole rings is 1. The minimum absolute atomic E-state index is 0.0702. The van der Waals surface area contributed by atoms with E-state index in [1.807, 2.05) is 53.1 Å². The number of primary amides is 1. The minimum Gasteiger partial charge on any atom is -0.493 e. The highest BCUT2D eigenvalue weighted by Crippen LogP contribution is 2.39. The summed E-state index contributed by atoms with van der Waals surface area (Å²) in [7, 11) is -2.02. The molecule has 9 heteroatoms. The third-order valence-corrected chi connectivity index (χ3v) is 11.7. The predicted octanol–water partition coefficient (Wildman–Crippen LogP) is 6.21. The van der Waals surface area contributed by atoms with Crippen molar-refractivity contribution in [2.75, 3.05) is 6.61 Å². The maximum Gasteiger partial charge on any atom is 0.268 e. The molecule has 0 unspecified atom stereocenters. The van der Waals surface area contributed by atoms with Crippen molar-refractivity contribution < 1.29 is 18.4 Å². The molecule has 0 bridgehead atoms. The van der Waals surface area contributed by atoms with Gasteiger partial charge in [-0.3, -0.25) is 4.79 Å². The largest absolute Gasteiger partial charge is 0.493 e. The number of nitrogens with zero attached hydrogens (tertiary/aromatic N) is 3. The van der Waals surface area contributed by atoms with Gasteiger partial charge in [-0.1, -0.05) is 39.0 Å². The smallest absolute Gasteiger partial charge is 0.268 e. The van der Waals surface area contributed by atoms with Gasteiger partial charge in [0, 0.05) is 18.2 Å². The molecule has 8 nitrogen and oxygen atoms in total. The van der Waals surface area contributed by atoms with Crippen molar-refractivity contribution in [2.24, 2.45) is 5.73 Å². The van der Waals surface area contributed by atoms with Gasteiger partial charge in [0.15, 0.2) is 13.9 Å². The molecule has 0 spiro atoms. The number of carbonyl (C=O) groups is 1. The van der Waals surface area contributed by atoms with Crippen molar-refractivity contribution in [3.8, 4) is 17.2 Å². The van der Waals surface area contributed by atoms with E-state index in [0.29, 0.717) is 18.9 Å². The number of hydrogen-bond donors (Lipinski definition) is 1. The maximum atomic E-state index is 11.7. The second kappa shape index (κ2) is 10.5. The van der Waals surface area contributed by atoms with Crippen molar-refractivity contribution in [2.45, 2.75) is 64.4 Å². The van der Waals surface area contributed by atoms with Gasteiger partial charge in [-0.15, -0.1) is 0 Å². The second-order valence-electron chi connectivity index (χ2n) is 10.9. The topological polar surface area (TPSA) is 105 Å². The Morgan fingerprint density at radius 3 is 2.59 bits per heavy atom. The van der Waals surface area contributed by atoms with Gasteiger partial charge >= 0.3 is 0 Å². The van der Waals surface area contributed by atoms with E-state index in [-0.39, 0.29) is 22.9 Å². The van der Waals surface area contributed by atoms with Crippen LogP contribution in [0.2, 0.25) is 18.1 Å². The number of ether oxygens (including phenoxy) is 1. The summed E-state index contributed by atoms with van der Waals surface area (Å²) in [5.74, 6) is 0.723. The first-order valence-electron chi connectivity index (χ1n) is 12.5. The van der Waals surface area contributed by atoms with E-state index in [1.54, 1.807) is 12.5 Å². The van der Waals surface area contributed by atoms with E-state index in [0.717, 1.165) is 22.4 Å². The summed E-state index contributed by atoms with van der Waals surface area (Å²) in [6.45, 7) is 13.6. The Hall–Kier alpha value is -3.43. The van der Waals surface area contributed by atoms with Crippen LogP contribution in [0.3, 0.4) is 0 Å². The number of fused-ring (bicyclic) bond motifs is 1. The van der Waals surface area contributed by atoms with Crippen molar-refractivity contribution in [3.05, 3.63) is 66.7 Å². The van der Waals surface area contributed by atoms with Crippen LogP contribution in [0.5, 0.6) is 5.75 Å². The number of hydrogen-bond acceptors (Lipinski definition) is 6. The van der Waals surface area contributed by atoms with E-state index in [9.17, 15) is 4.79 Å². The van der Waals surface area contributed by atoms with Gasteiger partial charge in [-0.05, 0) is 55.4 Å². The molecule has 37 heavy (non-hydrogen) atoms. The highest BCUT2D eigenvalue weighted by atomic mass is 28.4. The van der Waals surface area contributed by atoms with Crippen LogP contribution in [-0.2, 0) is 4.43 Å². The van der Waals surface area contributed by atoms with Crippen LogP contribution in [0.15, 0.2) is 65.5 Å². The number of benzene rings is 2. The highest BCUT2D eigenvalue weighted by Gasteiger charge is 2.40. The average Bonchev–Trinajstić information content (AvgIpc) is 3.48. The molecule has 2 aromatic carbocycles. The molecule has 0 fully saturated rings. The molecule has 0 saturated heterocycles. The van der Waals surface area contributed by atoms with Crippen LogP contribution < -0.4 is 10.5 Å². The van der Waals surface area contributed by atoms with Crippen LogP contribution in [0.25, 0.3) is 22.6 Å².